The van der Waals surface area contributed by atoms with Gasteiger partial charge in [0, 0.05) is 12.1 Å². The number of carbonyl (C=O) groups excluding carboxylic acids is 3. The number of nitrogens with zero attached hydrogens (tertiary/aromatic N) is 2. The van der Waals surface area contributed by atoms with Crippen molar-refractivity contribution in [3.05, 3.63) is 73.1 Å². The summed E-state index contributed by atoms with van der Waals surface area (Å²) in [5, 5.41) is 10.3. The quantitative estimate of drug-likeness (QED) is 0.215. The number of benzene rings is 2. The molecule has 0 radical (unpaired) electrons. The average molecular weight is 521 g/mol. The Morgan fingerprint density at radius 2 is 2.03 bits per heavy atom. The lowest BCUT2D eigenvalue weighted by Crippen LogP contribution is -2.34. The van der Waals surface area contributed by atoms with E-state index in [9.17, 15) is 24.5 Å². The maximum absolute atomic E-state index is 12.5. The van der Waals surface area contributed by atoms with Gasteiger partial charge < -0.3 is 9.47 Å². The van der Waals surface area contributed by atoms with Crippen LogP contribution in [0.2, 0.25) is 0 Å². The summed E-state index contributed by atoms with van der Waals surface area (Å²) >= 11 is 4.15. The van der Waals surface area contributed by atoms with E-state index in [1.165, 1.54) is 12.1 Å². The normalized spacial score (nSPS) is 14.7. The second-order valence-electron chi connectivity index (χ2n) is 6.48. The zero-order valence-electron chi connectivity index (χ0n) is 16.8. The maximum atomic E-state index is 12.5. The Morgan fingerprint density at radius 3 is 2.72 bits per heavy atom. The van der Waals surface area contributed by atoms with Crippen LogP contribution >= 0.6 is 27.7 Å². The van der Waals surface area contributed by atoms with Crippen LogP contribution < -0.4 is 4.74 Å². The van der Waals surface area contributed by atoms with E-state index in [2.05, 4.69) is 15.9 Å². The number of imide groups is 1. The summed E-state index contributed by atoms with van der Waals surface area (Å²) in [5.41, 5.74) is 1.27. The third-order valence-electron chi connectivity index (χ3n) is 4.24. The lowest BCUT2D eigenvalue weighted by atomic mass is 10.2. The maximum Gasteiger partial charge on any atom is 0.326 e. The van der Waals surface area contributed by atoms with E-state index in [1.54, 1.807) is 43.3 Å². The van der Waals surface area contributed by atoms with Crippen LogP contribution in [-0.4, -0.2) is 40.1 Å². The number of esters is 1. The molecule has 1 saturated heterocycles. The van der Waals surface area contributed by atoms with Crippen molar-refractivity contribution in [2.75, 3.05) is 13.2 Å². The van der Waals surface area contributed by atoms with Gasteiger partial charge in [0.1, 0.15) is 18.9 Å². The van der Waals surface area contributed by atoms with Crippen LogP contribution in [0.5, 0.6) is 5.75 Å². The Kier molecular flexibility index (Phi) is 7.65. The van der Waals surface area contributed by atoms with Crippen molar-refractivity contribution in [2.24, 2.45) is 0 Å². The van der Waals surface area contributed by atoms with Crippen LogP contribution in [0.15, 0.2) is 51.8 Å². The topological polar surface area (TPSA) is 116 Å². The van der Waals surface area contributed by atoms with Crippen molar-refractivity contribution < 1.29 is 28.8 Å². The minimum atomic E-state index is -0.649. The first-order valence-electron chi connectivity index (χ1n) is 9.35. The minimum absolute atomic E-state index is 0.0163. The van der Waals surface area contributed by atoms with E-state index in [0.717, 1.165) is 16.7 Å². The van der Waals surface area contributed by atoms with Crippen molar-refractivity contribution in [1.29, 1.82) is 0 Å². The molecule has 0 aliphatic carbocycles. The summed E-state index contributed by atoms with van der Waals surface area (Å²) < 4.78 is 11.1. The third-order valence-corrected chi connectivity index (χ3v) is 5.76. The fraction of sp³-hybridized carbons (Fsp3) is 0.190. The van der Waals surface area contributed by atoms with Gasteiger partial charge in [-0.05, 0) is 64.0 Å². The summed E-state index contributed by atoms with van der Waals surface area (Å²) in [4.78, 5) is 47.6. The van der Waals surface area contributed by atoms with Gasteiger partial charge in [-0.2, -0.15) is 0 Å². The van der Waals surface area contributed by atoms with E-state index < -0.39 is 28.6 Å². The van der Waals surface area contributed by atoms with Gasteiger partial charge in [-0.3, -0.25) is 29.4 Å². The van der Waals surface area contributed by atoms with Crippen LogP contribution in [0.1, 0.15) is 18.1 Å². The fourth-order valence-electron chi connectivity index (χ4n) is 2.77. The van der Waals surface area contributed by atoms with Crippen LogP contribution in [0.3, 0.4) is 0 Å². The highest BCUT2D eigenvalue weighted by Gasteiger charge is 2.36. The lowest BCUT2D eigenvalue weighted by Gasteiger charge is -2.11. The summed E-state index contributed by atoms with van der Waals surface area (Å²) in [7, 11) is 0. The minimum Gasteiger partial charge on any atom is -0.488 e. The molecule has 2 amide bonds. The van der Waals surface area contributed by atoms with Gasteiger partial charge in [0.05, 0.1) is 20.9 Å². The largest absolute Gasteiger partial charge is 0.488 e. The van der Waals surface area contributed by atoms with E-state index >= 15 is 0 Å². The molecule has 1 heterocycles. The Morgan fingerprint density at radius 1 is 1.25 bits per heavy atom. The molecule has 0 saturated carbocycles. The number of amides is 2. The number of nitro benzene ring substituents is 1. The molecule has 166 valence electrons. The molecule has 1 fully saturated rings. The number of halogens is 1. The number of ether oxygens (including phenoxy) is 2. The highest BCUT2D eigenvalue weighted by molar-refractivity contribution is 9.10. The first-order chi connectivity index (χ1) is 15.3. The molecule has 0 atom stereocenters. The third kappa shape index (κ3) is 5.74. The molecular weight excluding hydrogens is 504 g/mol. The van der Waals surface area contributed by atoms with E-state index in [1.807, 2.05) is 0 Å². The molecule has 2 aromatic carbocycles. The molecule has 0 bridgehead atoms. The van der Waals surface area contributed by atoms with Gasteiger partial charge in [-0.1, -0.05) is 18.2 Å². The van der Waals surface area contributed by atoms with Crippen LogP contribution in [0.4, 0.5) is 10.5 Å². The molecule has 32 heavy (non-hydrogen) atoms. The molecule has 3 rings (SSSR count). The summed E-state index contributed by atoms with van der Waals surface area (Å²) in [6, 6.07) is 11.2. The van der Waals surface area contributed by atoms with Crippen molar-refractivity contribution >= 4 is 56.6 Å². The average Bonchev–Trinajstić information content (AvgIpc) is 3.01. The first-order valence-corrected chi connectivity index (χ1v) is 11.0. The highest BCUT2D eigenvalue weighted by Crippen LogP contribution is 2.34. The summed E-state index contributed by atoms with van der Waals surface area (Å²) in [6.45, 7) is 1.51. The van der Waals surface area contributed by atoms with Gasteiger partial charge >= 0.3 is 5.97 Å². The number of non-ortho nitro benzene ring substituents is 1. The van der Waals surface area contributed by atoms with Crippen molar-refractivity contribution in [2.45, 2.75) is 13.5 Å². The van der Waals surface area contributed by atoms with Crippen LogP contribution in [-0.2, 0) is 20.9 Å². The standard InChI is InChI=1S/C21H17BrN2O7S/c1-2-30-19(25)11-23-20(26)18(32-21(23)27)10-13-6-7-17(16(22)9-13)31-12-14-4-3-5-15(8-14)24(28)29/h3-10H,2,11-12H2,1H3/b18-10+. The van der Waals surface area contributed by atoms with Crippen molar-refractivity contribution in [1.82, 2.24) is 4.90 Å². The van der Waals surface area contributed by atoms with Crippen LogP contribution in [0, 0.1) is 10.1 Å². The first kappa shape index (κ1) is 23.5. The van der Waals surface area contributed by atoms with Crippen molar-refractivity contribution in [3.63, 3.8) is 0 Å². The number of nitro groups is 1. The number of rotatable bonds is 8. The second-order valence-corrected chi connectivity index (χ2v) is 8.33. The summed E-state index contributed by atoms with van der Waals surface area (Å²) in [5.74, 6) is -0.705. The highest BCUT2D eigenvalue weighted by atomic mass is 79.9. The van der Waals surface area contributed by atoms with Gasteiger partial charge in [0.25, 0.3) is 16.8 Å². The van der Waals surface area contributed by atoms with E-state index in [0.29, 0.717) is 21.3 Å². The Hall–Kier alpha value is -3.18. The predicted molar refractivity (Wildman–Crippen MR) is 121 cm³/mol. The zero-order valence-corrected chi connectivity index (χ0v) is 19.2. The van der Waals surface area contributed by atoms with Crippen LogP contribution in [0.25, 0.3) is 6.08 Å². The predicted octanol–water partition coefficient (Wildman–Crippen LogP) is 4.54. The molecule has 1 aliphatic rings. The Labute approximate surface area is 195 Å². The molecule has 0 unspecified atom stereocenters. The number of hydrogen-bond donors (Lipinski definition) is 0. The summed E-state index contributed by atoms with van der Waals surface area (Å²) in [6.07, 6.45) is 1.55. The molecule has 2 aromatic rings. The number of hydrogen-bond acceptors (Lipinski definition) is 8. The SMILES string of the molecule is CCOC(=O)CN1C(=O)S/C(=C/c2ccc(OCc3cccc([N+](=O)[O-])c3)c(Br)c2)C1=O. The van der Waals surface area contributed by atoms with Gasteiger partial charge in [0.15, 0.2) is 0 Å². The molecular formula is C21H17BrN2O7S. The Bertz CT molecular complexity index is 1120. The fourth-order valence-corrected chi connectivity index (χ4v) is 4.12. The van der Waals surface area contributed by atoms with Gasteiger partial charge in [-0.15, -0.1) is 0 Å². The van der Waals surface area contributed by atoms with E-state index in [-0.39, 0.29) is 23.8 Å². The molecule has 0 spiro atoms. The lowest BCUT2D eigenvalue weighted by molar-refractivity contribution is -0.384. The van der Waals surface area contributed by atoms with Gasteiger partial charge in [0.2, 0.25) is 0 Å². The molecule has 11 heteroatoms. The van der Waals surface area contributed by atoms with E-state index in [4.69, 9.17) is 9.47 Å². The zero-order chi connectivity index (χ0) is 23.3. The molecule has 0 N–H and O–H groups in total. The van der Waals surface area contributed by atoms with Gasteiger partial charge in [-0.25, -0.2) is 0 Å². The number of thioether (sulfide) groups is 1. The van der Waals surface area contributed by atoms with Crippen molar-refractivity contribution in [3.8, 4) is 5.75 Å². The monoisotopic (exact) mass is 520 g/mol. The molecule has 0 aromatic heterocycles. The Balaban J connectivity index is 1.68. The molecule has 9 nitrogen and oxygen atoms in total. The smallest absolute Gasteiger partial charge is 0.326 e. The molecule has 1 aliphatic heterocycles. The second kappa shape index (κ2) is 10.4. The number of carbonyl (C=O) groups is 3.